The van der Waals surface area contributed by atoms with Gasteiger partial charge in [-0.3, -0.25) is 9.69 Å². The molecule has 1 saturated heterocycles. The van der Waals surface area contributed by atoms with E-state index in [0.717, 1.165) is 11.0 Å². The summed E-state index contributed by atoms with van der Waals surface area (Å²) >= 11 is 0. The number of amides is 3. The number of urea groups is 1. The molecule has 1 aliphatic rings. The molecule has 84 valence electrons. The molecular formula is C10H10FN3O2. The lowest BCUT2D eigenvalue weighted by molar-refractivity contribution is -0.125. The van der Waals surface area contributed by atoms with Crippen LogP contribution in [-0.4, -0.2) is 23.4 Å². The Morgan fingerprint density at radius 1 is 1.44 bits per heavy atom. The van der Waals surface area contributed by atoms with Crippen molar-refractivity contribution in [2.75, 3.05) is 12.3 Å². The standard InChI is InChI=1S/C10H10FN3O2/c11-8-3-7(12)2-1-6(8)5-14-9(15)4-13-10(14)16/h1-3H,4-5,12H2,(H,13,16). The molecule has 0 unspecified atom stereocenters. The van der Waals surface area contributed by atoms with Gasteiger partial charge in [-0.15, -0.1) is 0 Å². The molecule has 0 saturated carbocycles. The number of imide groups is 1. The lowest BCUT2D eigenvalue weighted by Gasteiger charge is -2.12. The summed E-state index contributed by atoms with van der Waals surface area (Å²) in [4.78, 5) is 23.4. The Balaban J connectivity index is 2.20. The topological polar surface area (TPSA) is 75.4 Å². The van der Waals surface area contributed by atoms with Crippen LogP contribution in [0.4, 0.5) is 14.9 Å². The van der Waals surface area contributed by atoms with Crippen LogP contribution in [-0.2, 0) is 11.3 Å². The third kappa shape index (κ3) is 1.81. The van der Waals surface area contributed by atoms with Crippen molar-refractivity contribution in [2.24, 2.45) is 0 Å². The van der Waals surface area contributed by atoms with E-state index in [9.17, 15) is 14.0 Å². The maximum absolute atomic E-state index is 13.4. The summed E-state index contributed by atoms with van der Waals surface area (Å²) in [7, 11) is 0. The van der Waals surface area contributed by atoms with E-state index >= 15 is 0 Å². The van der Waals surface area contributed by atoms with Crippen LogP contribution in [0.3, 0.4) is 0 Å². The van der Waals surface area contributed by atoms with E-state index in [1.807, 2.05) is 0 Å². The average molecular weight is 223 g/mol. The first kappa shape index (κ1) is 10.4. The third-order valence-electron chi connectivity index (χ3n) is 2.34. The predicted octanol–water partition coefficient (Wildman–Crippen LogP) is 0.460. The summed E-state index contributed by atoms with van der Waals surface area (Å²) in [6.07, 6.45) is 0. The van der Waals surface area contributed by atoms with Gasteiger partial charge in [0.2, 0.25) is 5.91 Å². The van der Waals surface area contributed by atoms with Gasteiger partial charge in [-0.05, 0) is 12.1 Å². The van der Waals surface area contributed by atoms with Crippen molar-refractivity contribution in [3.63, 3.8) is 0 Å². The number of hydrogen-bond donors (Lipinski definition) is 2. The van der Waals surface area contributed by atoms with Crippen molar-refractivity contribution in [3.8, 4) is 0 Å². The maximum atomic E-state index is 13.4. The third-order valence-corrected chi connectivity index (χ3v) is 2.34. The molecule has 0 bridgehead atoms. The number of carbonyl (C=O) groups excluding carboxylic acids is 2. The second-order valence-electron chi connectivity index (χ2n) is 3.49. The summed E-state index contributed by atoms with van der Waals surface area (Å²) in [6.45, 7) is -0.105. The highest BCUT2D eigenvalue weighted by atomic mass is 19.1. The van der Waals surface area contributed by atoms with Gasteiger partial charge >= 0.3 is 6.03 Å². The Hall–Kier alpha value is -2.11. The molecule has 0 aliphatic carbocycles. The van der Waals surface area contributed by atoms with Crippen molar-refractivity contribution in [3.05, 3.63) is 29.6 Å². The first-order valence-electron chi connectivity index (χ1n) is 4.70. The van der Waals surface area contributed by atoms with Crippen LogP contribution in [0.15, 0.2) is 18.2 Å². The van der Waals surface area contributed by atoms with Gasteiger partial charge in [0.1, 0.15) is 5.82 Å². The fraction of sp³-hybridized carbons (Fsp3) is 0.200. The molecule has 1 heterocycles. The maximum Gasteiger partial charge on any atom is 0.324 e. The first-order valence-corrected chi connectivity index (χ1v) is 4.70. The molecule has 16 heavy (non-hydrogen) atoms. The van der Waals surface area contributed by atoms with Crippen LogP contribution >= 0.6 is 0 Å². The summed E-state index contributed by atoms with van der Waals surface area (Å²) < 4.78 is 13.4. The van der Waals surface area contributed by atoms with Gasteiger partial charge in [0.25, 0.3) is 0 Å². The van der Waals surface area contributed by atoms with Gasteiger partial charge in [0.05, 0.1) is 13.1 Å². The molecule has 0 atom stereocenters. The molecule has 2 rings (SSSR count). The number of benzene rings is 1. The molecule has 3 amide bonds. The Kier molecular flexibility index (Phi) is 2.47. The molecule has 1 fully saturated rings. The SMILES string of the molecule is Nc1ccc(CN2C(=O)CNC2=O)c(F)c1. The Labute approximate surface area is 91.0 Å². The van der Waals surface area contributed by atoms with E-state index < -0.39 is 11.8 Å². The summed E-state index contributed by atoms with van der Waals surface area (Å²) in [5.74, 6) is -0.881. The Morgan fingerprint density at radius 2 is 2.19 bits per heavy atom. The van der Waals surface area contributed by atoms with Gasteiger partial charge in [0.15, 0.2) is 0 Å². The van der Waals surface area contributed by atoms with E-state index in [1.54, 1.807) is 0 Å². The molecule has 0 spiro atoms. The number of halogens is 1. The second-order valence-corrected chi connectivity index (χ2v) is 3.49. The highest BCUT2D eigenvalue weighted by Gasteiger charge is 2.28. The average Bonchev–Trinajstić information content (AvgIpc) is 2.53. The van der Waals surface area contributed by atoms with Gasteiger partial charge < -0.3 is 11.1 Å². The zero-order valence-corrected chi connectivity index (χ0v) is 8.37. The van der Waals surface area contributed by atoms with Crippen LogP contribution in [0.2, 0.25) is 0 Å². The van der Waals surface area contributed by atoms with E-state index in [-0.39, 0.29) is 24.6 Å². The number of anilines is 1. The lowest BCUT2D eigenvalue weighted by Crippen LogP contribution is -2.30. The number of carbonyl (C=O) groups is 2. The van der Waals surface area contributed by atoms with Gasteiger partial charge in [0, 0.05) is 11.3 Å². The zero-order chi connectivity index (χ0) is 11.7. The van der Waals surface area contributed by atoms with E-state index in [2.05, 4.69) is 5.32 Å². The molecule has 1 aliphatic heterocycles. The minimum Gasteiger partial charge on any atom is -0.399 e. The lowest BCUT2D eigenvalue weighted by atomic mass is 10.2. The summed E-state index contributed by atoms with van der Waals surface area (Å²) in [6, 6.07) is 3.65. The highest BCUT2D eigenvalue weighted by Crippen LogP contribution is 2.15. The zero-order valence-electron chi connectivity index (χ0n) is 8.37. The van der Waals surface area contributed by atoms with Crippen molar-refractivity contribution >= 4 is 17.6 Å². The normalized spacial score (nSPS) is 15.4. The molecule has 0 radical (unpaired) electrons. The van der Waals surface area contributed by atoms with Gasteiger partial charge in [-0.1, -0.05) is 6.07 Å². The van der Waals surface area contributed by atoms with Crippen LogP contribution in [0.5, 0.6) is 0 Å². The van der Waals surface area contributed by atoms with Crippen molar-refractivity contribution in [1.29, 1.82) is 0 Å². The molecule has 0 aromatic heterocycles. The van der Waals surface area contributed by atoms with Gasteiger partial charge in [-0.2, -0.15) is 0 Å². The molecule has 1 aromatic rings. The Bertz CT molecular complexity index is 445. The smallest absolute Gasteiger partial charge is 0.324 e. The van der Waals surface area contributed by atoms with E-state index in [1.165, 1.54) is 12.1 Å². The largest absolute Gasteiger partial charge is 0.399 e. The fourth-order valence-electron chi connectivity index (χ4n) is 1.48. The van der Waals surface area contributed by atoms with E-state index in [0.29, 0.717) is 5.69 Å². The number of nitrogen functional groups attached to an aromatic ring is 1. The number of nitrogens with one attached hydrogen (secondary N) is 1. The minimum atomic E-state index is -0.521. The van der Waals surface area contributed by atoms with Crippen LogP contribution in [0, 0.1) is 5.82 Å². The molecule has 1 aromatic carbocycles. The van der Waals surface area contributed by atoms with E-state index in [4.69, 9.17) is 5.73 Å². The first-order chi connectivity index (χ1) is 7.58. The summed E-state index contributed by atoms with van der Waals surface area (Å²) in [5.41, 5.74) is 5.96. The second kappa shape index (κ2) is 3.80. The van der Waals surface area contributed by atoms with Gasteiger partial charge in [-0.25, -0.2) is 9.18 Å². The molecule has 5 nitrogen and oxygen atoms in total. The van der Waals surface area contributed by atoms with Crippen LogP contribution in [0.25, 0.3) is 0 Å². The number of hydrogen-bond acceptors (Lipinski definition) is 3. The predicted molar refractivity (Wildman–Crippen MR) is 54.8 cm³/mol. The molecular weight excluding hydrogens is 213 g/mol. The van der Waals surface area contributed by atoms with Crippen molar-refractivity contribution in [1.82, 2.24) is 10.2 Å². The summed E-state index contributed by atoms with van der Waals surface area (Å²) in [5, 5.41) is 2.36. The number of nitrogens with two attached hydrogens (primary N) is 1. The Morgan fingerprint density at radius 3 is 2.75 bits per heavy atom. The molecule has 6 heteroatoms. The molecule has 3 N–H and O–H groups in total. The van der Waals surface area contributed by atoms with Crippen LogP contribution in [0.1, 0.15) is 5.56 Å². The van der Waals surface area contributed by atoms with Crippen LogP contribution < -0.4 is 11.1 Å². The fourth-order valence-corrected chi connectivity index (χ4v) is 1.48. The van der Waals surface area contributed by atoms with Crippen molar-refractivity contribution in [2.45, 2.75) is 6.54 Å². The quantitative estimate of drug-likeness (QED) is 0.565. The van der Waals surface area contributed by atoms with Crippen molar-refractivity contribution < 1.29 is 14.0 Å². The number of rotatable bonds is 2. The monoisotopic (exact) mass is 223 g/mol. The number of nitrogens with zero attached hydrogens (tertiary/aromatic N) is 1. The minimum absolute atomic E-state index is 0.0323. The highest BCUT2D eigenvalue weighted by molar-refractivity contribution is 6.01.